The van der Waals surface area contributed by atoms with E-state index in [1.54, 1.807) is 12.5 Å². The summed E-state index contributed by atoms with van der Waals surface area (Å²) in [6, 6.07) is 2.72. The van der Waals surface area contributed by atoms with Gasteiger partial charge in [-0.05, 0) is 38.9 Å². The van der Waals surface area contributed by atoms with Crippen molar-refractivity contribution in [3.05, 3.63) is 18.6 Å². The minimum Gasteiger partial charge on any atom is -0.370 e. The summed E-state index contributed by atoms with van der Waals surface area (Å²) < 4.78 is 0. The van der Waals surface area contributed by atoms with Crippen LogP contribution < -0.4 is 5.32 Å². The fourth-order valence-corrected chi connectivity index (χ4v) is 2.64. The van der Waals surface area contributed by atoms with Crippen molar-refractivity contribution in [2.45, 2.75) is 44.6 Å². The van der Waals surface area contributed by atoms with E-state index < -0.39 is 0 Å². The molecule has 0 saturated heterocycles. The minimum absolute atomic E-state index is 0.817. The first-order valence-electron chi connectivity index (χ1n) is 7.06. The van der Waals surface area contributed by atoms with Gasteiger partial charge in [0.25, 0.3) is 0 Å². The molecule has 1 fully saturated rings. The lowest BCUT2D eigenvalue weighted by Gasteiger charge is -2.31. The number of nitrogens with one attached hydrogen (secondary N) is 1. The molecule has 1 N–H and O–H groups in total. The summed E-state index contributed by atoms with van der Waals surface area (Å²) in [5.74, 6) is 0.922. The molecule has 0 aliphatic heterocycles. The van der Waals surface area contributed by atoms with E-state index in [2.05, 4.69) is 27.2 Å². The van der Waals surface area contributed by atoms with Gasteiger partial charge in [-0.15, -0.1) is 0 Å². The van der Waals surface area contributed by atoms with Crippen molar-refractivity contribution < 1.29 is 0 Å². The Balaban J connectivity index is 1.60. The molecule has 0 radical (unpaired) electrons. The highest BCUT2D eigenvalue weighted by atomic mass is 15.1. The molecule has 1 aliphatic rings. The van der Waals surface area contributed by atoms with Crippen molar-refractivity contribution in [3.8, 4) is 0 Å². The van der Waals surface area contributed by atoms with Crippen LogP contribution in [0.15, 0.2) is 18.6 Å². The summed E-state index contributed by atoms with van der Waals surface area (Å²) in [5.41, 5.74) is 0. The van der Waals surface area contributed by atoms with Crippen molar-refractivity contribution in [2.75, 3.05) is 25.5 Å². The maximum absolute atomic E-state index is 4.15. The SMILES string of the molecule is CN(CCCNc1ccncn1)C1CCCCC1. The van der Waals surface area contributed by atoms with Crippen LogP contribution in [0.1, 0.15) is 38.5 Å². The Hall–Kier alpha value is -1.16. The highest BCUT2D eigenvalue weighted by Crippen LogP contribution is 2.21. The van der Waals surface area contributed by atoms with Gasteiger partial charge in [0.1, 0.15) is 12.1 Å². The molecule has 0 spiro atoms. The topological polar surface area (TPSA) is 41.0 Å². The number of hydrogen-bond acceptors (Lipinski definition) is 4. The second-order valence-electron chi connectivity index (χ2n) is 5.15. The maximum atomic E-state index is 4.15. The quantitative estimate of drug-likeness (QED) is 0.786. The molecule has 0 bridgehead atoms. The summed E-state index contributed by atoms with van der Waals surface area (Å²) >= 11 is 0. The van der Waals surface area contributed by atoms with E-state index in [1.165, 1.54) is 38.6 Å². The van der Waals surface area contributed by atoms with Gasteiger partial charge in [-0.25, -0.2) is 9.97 Å². The summed E-state index contributed by atoms with van der Waals surface area (Å²) in [6.07, 6.45) is 11.5. The Morgan fingerprint density at radius 3 is 2.89 bits per heavy atom. The highest BCUT2D eigenvalue weighted by molar-refractivity contribution is 5.31. The van der Waals surface area contributed by atoms with E-state index in [-0.39, 0.29) is 0 Å². The molecule has 1 aromatic heterocycles. The Labute approximate surface area is 110 Å². The van der Waals surface area contributed by atoms with E-state index in [4.69, 9.17) is 0 Å². The van der Waals surface area contributed by atoms with Gasteiger partial charge in [-0.1, -0.05) is 19.3 Å². The first-order valence-corrected chi connectivity index (χ1v) is 7.06. The van der Waals surface area contributed by atoms with Crippen LogP contribution in [0, 0.1) is 0 Å². The van der Waals surface area contributed by atoms with Gasteiger partial charge >= 0.3 is 0 Å². The van der Waals surface area contributed by atoms with E-state index >= 15 is 0 Å². The first-order chi connectivity index (χ1) is 8.86. The second-order valence-corrected chi connectivity index (χ2v) is 5.15. The smallest absolute Gasteiger partial charge is 0.129 e. The molecule has 100 valence electrons. The molecule has 1 heterocycles. The lowest BCUT2D eigenvalue weighted by molar-refractivity contribution is 0.191. The van der Waals surface area contributed by atoms with Crippen LogP contribution in [-0.4, -0.2) is 41.0 Å². The zero-order valence-electron chi connectivity index (χ0n) is 11.3. The van der Waals surface area contributed by atoms with Crippen LogP contribution in [0.3, 0.4) is 0 Å². The Bertz CT molecular complexity index is 322. The first kappa shape index (κ1) is 13.3. The second kappa shape index (κ2) is 7.31. The van der Waals surface area contributed by atoms with Crippen LogP contribution in [0.2, 0.25) is 0 Å². The van der Waals surface area contributed by atoms with Crippen molar-refractivity contribution >= 4 is 5.82 Å². The molecule has 0 atom stereocenters. The van der Waals surface area contributed by atoms with Crippen molar-refractivity contribution in [3.63, 3.8) is 0 Å². The fourth-order valence-electron chi connectivity index (χ4n) is 2.64. The predicted molar refractivity (Wildman–Crippen MR) is 74.6 cm³/mol. The molecule has 2 rings (SSSR count). The number of aromatic nitrogens is 2. The number of rotatable bonds is 6. The van der Waals surface area contributed by atoms with Gasteiger partial charge in [-0.2, -0.15) is 0 Å². The summed E-state index contributed by atoms with van der Waals surface area (Å²) in [6.45, 7) is 2.15. The maximum Gasteiger partial charge on any atom is 0.129 e. The van der Waals surface area contributed by atoms with Gasteiger partial charge in [-0.3, -0.25) is 0 Å². The van der Waals surface area contributed by atoms with Crippen LogP contribution in [0.25, 0.3) is 0 Å². The molecule has 1 aromatic rings. The summed E-state index contributed by atoms with van der Waals surface area (Å²) in [7, 11) is 2.26. The van der Waals surface area contributed by atoms with Gasteiger partial charge < -0.3 is 10.2 Å². The molecular weight excluding hydrogens is 224 g/mol. The molecule has 0 amide bonds. The molecule has 4 nitrogen and oxygen atoms in total. The highest BCUT2D eigenvalue weighted by Gasteiger charge is 2.16. The summed E-state index contributed by atoms with van der Waals surface area (Å²) in [4.78, 5) is 10.6. The Kier molecular flexibility index (Phi) is 5.39. The molecule has 4 heteroatoms. The molecular formula is C14H24N4. The van der Waals surface area contributed by atoms with Gasteiger partial charge in [0.15, 0.2) is 0 Å². The minimum atomic E-state index is 0.817. The third-order valence-electron chi connectivity index (χ3n) is 3.77. The lowest BCUT2D eigenvalue weighted by atomic mass is 9.94. The Morgan fingerprint density at radius 2 is 2.17 bits per heavy atom. The third-order valence-corrected chi connectivity index (χ3v) is 3.77. The fraction of sp³-hybridized carbons (Fsp3) is 0.714. The van der Waals surface area contributed by atoms with Gasteiger partial charge in [0.2, 0.25) is 0 Å². The monoisotopic (exact) mass is 248 g/mol. The normalized spacial score (nSPS) is 17.0. The number of anilines is 1. The largest absolute Gasteiger partial charge is 0.370 e. The van der Waals surface area contributed by atoms with Gasteiger partial charge in [0.05, 0.1) is 0 Å². The summed E-state index contributed by atoms with van der Waals surface area (Å²) in [5, 5.41) is 3.33. The average molecular weight is 248 g/mol. The zero-order chi connectivity index (χ0) is 12.6. The van der Waals surface area contributed by atoms with Crippen LogP contribution in [0.4, 0.5) is 5.82 Å². The molecule has 1 aliphatic carbocycles. The van der Waals surface area contributed by atoms with Crippen LogP contribution in [-0.2, 0) is 0 Å². The van der Waals surface area contributed by atoms with E-state index in [0.29, 0.717) is 0 Å². The van der Waals surface area contributed by atoms with Gasteiger partial charge in [0, 0.05) is 18.8 Å². The molecule has 18 heavy (non-hydrogen) atoms. The lowest BCUT2D eigenvalue weighted by Crippen LogP contribution is -2.34. The van der Waals surface area contributed by atoms with E-state index in [1.807, 2.05) is 6.07 Å². The van der Waals surface area contributed by atoms with Crippen molar-refractivity contribution in [1.29, 1.82) is 0 Å². The number of hydrogen-bond donors (Lipinski definition) is 1. The van der Waals surface area contributed by atoms with E-state index in [0.717, 1.165) is 24.8 Å². The molecule has 0 unspecified atom stereocenters. The predicted octanol–water partition coefficient (Wildman–Crippen LogP) is 2.54. The van der Waals surface area contributed by atoms with Crippen LogP contribution >= 0.6 is 0 Å². The van der Waals surface area contributed by atoms with Crippen molar-refractivity contribution in [1.82, 2.24) is 14.9 Å². The molecule has 0 aromatic carbocycles. The number of nitrogens with zero attached hydrogens (tertiary/aromatic N) is 3. The van der Waals surface area contributed by atoms with Crippen LogP contribution in [0.5, 0.6) is 0 Å². The van der Waals surface area contributed by atoms with Crippen molar-refractivity contribution in [2.24, 2.45) is 0 Å². The average Bonchev–Trinajstić information content (AvgIpc) is 2.45. The standard InChI is InChI=1S/C14H24N4/c1-18(13-6-3-2-4-7-13)11-5-9-16-14-8-10-15-12-17-14/h8,10,12-13H,2-7,9,11H2,1H3,(H,15,16,17). The zero-order valence-corrected chi connectivity index (χ0v) is 11.3. The van der Waals surface area contributed by atoms with E-state index in [9.17, 15) is 0 Å². The Morgan fingerprint density at radius 1 is 1.33 bits per heavy atom. The molecule has 1 saturated carbocycles. The third kappa shape index (κ3) is 4.26.